The van der Waals surface area contributed by atoms with Crippen molar-refractivity contribution in [2.45, 2.75) is 25.2 Å². The summed E-state index contributed by atoms with van der Waals surface area (Å²) in [7, 11) is 0. The van der Waals surface area contributed by atoms with E-state index in [1.807, 2.05) is 12.1 Å². The van der Waals surface area contributed by atoms with Crippen LogP contribution in [-0.2, 0) is 24.0 Å². The van der Waals surface area contributed by atoms with Crippen LogP contribution in [0.15, 0.2) is 83.5 Å². The first-order chi connectivity index (χ1) is 16.7. The maximum atomic E-state index is 13.1. The van der Waals surface area contributed by atoms with Crippen LogP contribution in [0.5, 0.6) is 5.75 Å². The van der Waals surface area contributed by atoms with Crippen molar-refractivity contribution in [3.8, 4) is 5.75 Å². The van der Waals surface area contributed by atoms with Gasteiger partial charge in [-0.05, 0) is 41.3 Å². The molecule has 0 bridgehead atoms. The minimum atomic E-state index is -4.45. The molecule has 0 aliphatic rings. The topological polar surface area (TPSA) is 88.8 Å². The van der Waals surface area contributed by atoms with Gasteiger partial charge in [-0.2, -0.15) is 13.2 Å². The zero-order valence-corrected chi connectivity index (χ0v) is 18.2. The highest BCUT2D eigenvalue weighted by atomic mass is 19.4. The lowest BCUT2D eigenvalue weighted by molar-refractivity contribution is -0.139. The van der Waals surface area contributed by atoms with Crippen LogP contribution in [0.25, 0.3) is 10.8 Å². The first-order valence-electron chi connectivity index (χ1n) is 10.6. The lowest BCUT2D eigenvalue weighted by Crippen LogP contribution is -2.42. The highest BCUT2D eigenvalue weighted by molar-refractivity contribution is 6.04. The molecule has 180 valence electrons. The third-order valence-electron chi connectivity index (χ3n) is 5.38. The van der Waals surface area contributed by atoms with E-state index in [1.54, 1.807) is 30.3 Å². The Balaban J connectivity index is 1.60. The van der Waals surface area contributed by atoms with Gasteiger partial charge in [-0.15, -0.1) is 0 Å². The number of furan rings is 1. The van der Waals surface area contributed by atoms with E-state index in [1.165, 1.54) is 24.5 Å². The fourth-order valence-corrected chi connectivity index (χ4v) is 3.59. The summed E-state index contributed by atoms with van der Waals surface area (Å²) in [4.78, 5) is 24.8. The molecule has 1 amide bonds. The number of amides is 1. The number of carboxylic acid groups (broad SMARTS) is 1. The van der Waals surface area contributed by atoms with Crippen LogP contribution < -0.4 is 10.1 Å². The fraction of sp³-hybridized carbons (Fsp3) is 0.154. The summed E-state index contributed by atoms with van der Waals surface area (Å²) in [5.74, 6) is -1.31. The van der Waals surface area contributed by atoms with Crippen LogP contribution in [0.2, 0.25) is 0 Å². The van der Waals surface area contributed by atoms with E-state index in [0.29, 0.717) is 16.7 Å². The van der Waals surface area contributed by atoms with Crippen molar-refractivity contribution in [2.24, 2.45) is 0 Å². The molecule has 0 saturated heterocycles. The Morgan fingerprint density at radius 3 is 2.37 bits per heavy atom. The first kappa shape index (κ1) is 23.9. The molecule has 0 spiro atoms. The van der Waals surface area contributed by atoms with Gasteiger partial charge in [0.15, 0.2) is 0 Å². The predicted octanol–water partition coefficient (Wildman–Crippen LogP) is 5.46. The Labute approximate surface area is 197 Å². The van der Waals surface area contributed by atoms with Gasteiger partial charge in [0.05, 0.1) is 17.4 Å². The Morgan fingerprint density at radius 2 is 1.71 bits per heavy atom. The van der Waals surface area contributed by atoms with E-state index in [0.717, 1.165) is 17.5 Å². The summed E-state index contributed by atoms with van der Waals surface area (Å²) in [6.45, 7) is -0.0961. The standard InChI is InChI=1S/C26H20F3NO5/c27-26(28,29)18-10-7-16(8-11-18)15-35-23-20-6-2-1-4-17(20)9-12-21(23)24(31)30-22(25(32)33)14-19-5-3-13-34-19/h1-13,22H,14-15H2,(H,30,31)(H,32,33)/t22-/m0/s1. The quantitative estimate of drug-likeness (QED) is 0.348. The molecule has 4 rings (SSSR count). The molecular formula is C26H20F3NO5. The normalized spacial score (nSPS) is 12.3. The van der Waals surface area contributed by atoms with Crippen molar-refractivity contribution < 1.29 is 37.0 Å². The van der Waals surface area contributed by atoms with Gasteiger partial charge in [-0.25, -0.2) is 4.79 Å². The largest absolute Gasteiger partial charge is 0.487 e. The van der Waals surface area contributed by atoms with Gasteiger partial charge in [-0.3, -0.25) is 4.79 Å². The van der Waals surface area contributed by atoms with Gasteiger partial charge in [0.2, 0.25) is 0 Å². The zero-order valence-electron chi connectivity index (χ0n) is 18.2. The highest BCUT2D eigenvalue weighted by Crippen LogP contribution is 2.32. The van der Waals surface area contributed by atoms with Gasteiger partial charge < -0.3 is 19.6 Å². The smallest absolute Gasteiger partial charge is 0.416 e. The molecule has 2 N–H and O–H groups in total. The Hall–Kier alpha value is -4.27. The number of carboxylic acids is 1. The van der Waals surface area contributed by atoms with Gasteiger partial charge in [0.1, 0.15) is 24.2 Å². The minimum Gasteiger partial charge on any atom is -0.487 e. The van der Waals surface area contributed by atoms with Crippen LogP contribution in [-0.4, -0.2) is 23.0 Å². The van der Waals surface area contributed by atoms with Crippen LogP contribution in [0.3, 0.4) is 0 Å². The Morgan fingerprint density at radius 1 is 0.971 bits per heavy atom. The molecule has 6 nitrogen and oxygen atoms in total. The lowest BCUT2D eigenvalue weighted by Gasteiger charge is -2.17. The molecule has 9 heteroatoms. The third kappa shape index (κ3) is 5.63. The van der Waals surface area contributed by atoms with E-state index in [-0.39, 0.29) is 24.3 Å². The number of rotatable bonds is 8. The maximum Gasteiger partial charge on any atom is 0.416 e. The minimum absolute atomic E-state index is 0.0522. The monoisotopic (exact) mass is 483 g/mol. The summed E-state index contributed by atoms with van der Waals surface area (Å²) in [6.07, 6.45) is -3.09. The van der Waals surface area contributed by atoms with Crippen molar-refractivity contribution >= 4 is 22.6 Å². The summed E-state index contributed by atoms with van der Waals surface area (Å²) < 4.78 is 49.6. The average molecular weight is 483 g/mol. The highest BCUT2D eigenvalue weighted by Gasteiger charge is 2.30. The molecule has 3 aromatic carbocycles. The summed E-state index contributed by atoms with van der Waals surface area (Å²) in [5.41, 5.74) is -0.206. The first-order valence-corrected chi connectivity index (χ1v) is 10.6. The second kappa shape index (κ2) is 9.92. The van der Waals surface area contributed by atoms with Gasteiger partial charge in [0, 0.05) is 11.8 Å². The van der Waals surface area contributed by atoms with E-state index >= 15 is 0 Å². The second-order valence-electron chi connectivity index (χ2n) is 7.79. The zero-order chi connectivity index (χ0) is 25.0. The molecule has 1 heterocycles. The van der Waals surface area contributed by atoms with Gasteiger partial charge in [-0.1, -0.05) is 42.5 Å². The van der Waals surface area contributed by atoms with Crippen LogP contribution in [0.1, 0.15) is 27.2 Å². The number of hydrogen-bond acceptors (Lipinski definition) is 4. The molecule has 0 saturated carbocycles. The summed E-state index contributed by atoms with van der Waals surface area (Å²) in [6, 6.07) is 16.9. The van der Waals surface area contributed by atoms with Crippen molar-refractivity contribution in [2.75, 3.05) is 0 Å². The average Bonchev–Trinajstić information content (AvgIpc) is 3.34. The number of aliphatic carboxylic acids is 1. The fourth-order valence-electron chi connectivity index (χ4n) is 3.59. The van der Waals surface area contributed by atoms with E-state index in [2.05, 4.69) is 5.32 Å². The van der Waals surface area contributed by atoms with Crippen molar-refractivity contribution in [3.05, 3.63) is 102 Å². The number of ether oxygens (including phenoxy) is 1. The molecular weight excluding hydrogens is 463 g/mol. The molecule has 1 aromatic heterocycles. The lowest BCUT2D eigenvalue weighted by atomic mass is 10.0. The number of benzene rings is 3. The number of hydrogen-bond donors (Lipinski definition) is 2. The number of nitrogens with one attached hydrogen (secondary N) is 1. The number of carbonyl (C=O) groups excluding carboxylic acids is 1. The molecule has 0 aliphatic carbocycles. The van der Waals surface area contributed by atoms with E-state index < -0.39 is 29.7 Å². The number of carbonyl (C=O) groups is 2. The summed E-state index contributed by atoms with van der Waals surface area (Å²) in [5, 5.41) is 13.4. The molecule has 0 radical (unpaired) electrons. The number of alkyl halides is 3. The second-order valence-corrected chi connectivity index (χ2v) is 7.79. The number of halogens is 3. The SMILES string of the molecule is O=C(N[C@@H](Cc1ccco1)C(=O)O)c1ccc2ccccc2c1OCc1ccc(C(F)(F)F)cc1. The molecule has 0 unspecified atom stereocenters. The van der Waals surface area contributed by atoms with Crippen LogP contribution >= 0.6 is 0 Å². The van der Waals surface area contributed by atoms with Crippen LogP contribution in [0, 0.1) is 0 Å². The van der Waals surface area contributed by atoms with Gasteiger partial charge >= 0.3 is 12.1 Å². The molecule has 4 aromatic rings. The Bertz CT molecular complexity index is 1330. The van der Waals surface area contributed by atoms with Crippen molar-refractivity contribution in [1.29, 1.82) is 0 Å². The molecule has 0 aliphatic heterocycles. The van der Waals surface area contributed by atoms with Gasteiger partial charge in [0.25, 0.3) is 5.91 Å². The molecule has 0 fully saturated rings. The maximum absolute atomic E-state index is 13.1. The van der Waals surface area contributed by atoms with E-state index in [9.17, 15) is 27.9 Å². The predicted molar refractivity (Wildman–Crippen MR) is 121 cm³/mol. The number of fused-ring (bicyclic) bond motifs is 1. The third-order valence-corrected chi connectivity index (χ3v) is 5.38. The van der Waals surface area contributed by atoms with E-state index in [4.69, 9.17) is 9.15 Å². The van der Waals surface area contributed by atoms with Crippen molar-refractivity contribution in [3.63, 3.8) is 0 Å². The van der Waals surface area contributed by atoms with Crippen molar-refractivity contribution in [1.82, 2.24) is 5.32 Å². The summed E-state index contributed by atoms with van der Waals surface area (Å²) >= 11 is 0. The molecule has 35 heavy (non-hydrogen) atoms. The van der Waals surface area contributed by atoms with Crippen LogP contribution in [0.4, 0.5) is 13.2 Å². The Kier molecular flexibility index (Phi) is 6.77. The molecule has 1 atom stereocenters.